The van der Waals surface area contributed by atoms with Gasteiger partial charge in [0.25, 0.3) is 0 Å². The van der Waals surface area contributed by atoms with E-state index in [0.717, 1.165) is 16.6 Å². The molecule has 0 bridgehead atoms. The van der Waals surface area contributed by atoms with Crippen molar-refractivity contribution in [1.29, 1.82) is 0 Å². The molecule has 3 heteroatoms. The topological polar surface area (TPSA) is 12.9 Å². The second kappa shape index (κ2) is 5.41. The fourth-order valence-corrected chi connectivity index (χ4v) is 1.92. The Morgan fingerprint density at radius 3 is 2.61 bits per heavy atom. The van der Waals surface area contributed by atoms with Crippen molar-refractivity contribution in [1.82, 2.24) is 4.98 Å². The number of pyridine rings is 1. The van der Waals surface area contributed by atoms with E-state index in [1.54, 1.807) is 18.3 Å². The molecule has 1 nitrogen and oxygen atoms in total. The molecule has 92 valence electrons. The standard InChI is InChI=1S/C15H9FN.Pt/c16-14-8-4-7-13-12(14)9-10-17-15(13)11-5-2-1-3-6-11;/h1-5,7-10H;/q-1;. The third kappa shape index (κ3) is 2.21. The summed E-state index contributed by atoms with van der Waals surface area (Å²) >= 11 is 0. The van der Waals surface area contributed by atoms with Crippen molar-refractivity contribution in [2.75, 3.05) is 0 Å². The molecule has 1 aromatic heterocycles. The van der Waals surface area contributed by atoms with Crippen LogP contribution in [-0.2, 0) is 21.1 Å². The Morgan fingerprint density at radius 1 is 0.944 bits per heavy atom. The van der Waals surface area contributed by atoms with Gasteiger partial charge in [-0.05, 0) is 23.2 Å². The van der Waals surface area contributed by atoms with Crippen LogP contribution in [0.3, 0.4) is 0 Å². The van der Waals surface area contributed by atoms with Gasteiger partial charge in [0, 0.05) is 32.6 Å². The molecular formula is C15H9FNPt-. The summed E-state index contributed by atoms with van der Waals surface area (Å²) in [5.41, 5.74) is 1.64. The third-order valence-electron chi connectivity index (χ3n) is 2.72. The van der Waals surface area contributed by atoms with Gasteiger partial charge in [-0.1, -0.05) is 12.1 Å². The monoisotopic (exact) mass is 417 g/mol. The van der Waals surface area contributed by atoms with Crippen LogP contribution in [0.1, 0.15) is 0 Å². The van der Waals surface area contributed by atoms with Crippen molar-refractivity contribution < 1.29 is 25.5 Å². The fourth-order valence-electron chi connectivity index (χ4n) is 1.92. The molecule has 3 rings (SSSR count). The van der Waals surface area contributed by atoms with Crippen LogP contribution in [0.4, 0.5) is 4.39 Å². The second-order valence-electron chi connectivity index (χ2n) is 3.77. The average molecular weight is 417 g/mol. The molecule has 0 aliphatic heterocycles. The molecule has 0 radical (unpaired) electrons. The molecule has 0 aliphatic carbocycles. The van der Waals surface area contributed by atoms with Gasteiger partial charge >= 0.3 is 0 Å². The first-order valence-electron chi connectivity index (χ1n) is 5.36. The number of aromatic nitrogens is 1. The maximum atomic E-state index is 13.6. The number of hydrogen-bond acceptors (Lipinski definition) is 1. The number of hydrogen-bond donors (Lipinski definition) is 0. The van der Waals surface area contributed by atoms with E-state index in [4.69, 9.17) is 0 Å². The molecule has 0 saturated carbocycles. The van der Waals surface area contributed by atoms with Crippen LogP contribution in [-0.4, -0.2) is 4.98 Å². The zero-order valence-electron chi connectivity index (χ0n) is 9.34. The molecule has 0 amide bonds. The van der Waals surface area contributed by atoms with E-state index in [-0.39, 0.29) is 26.9 Å². The summed E-state index contributed by atoms with van der Waals surface area (Å²) in [5.74, 6) is -0.220. The molecule has 0 spiro atoms. The van der Waals surface area contributed by atoms with E-state index < -0.39 is 0 Å². The molecule has 0 saturated heterocycles. The molecule has 18 heavy (non-hydrogen) atoms. The van der Waals surface area contributed by atoms with Gasteiger partial charge in [0.1, 0.15) is 5.82 Å². The minimum atomic E-state index is -0.220. The van der Waals surface area contributed by atoms with Crippen LogP contribution in [0, 0.1) is 11.9 Å². The van der Waals surface area contributed by atoms with Crippen LogP contribution >= 0.6 is 0 Å². The SMILES string of the molecule is Fc1cccc2c(-c3[c-]cccc3)nccc12.[Pt]. The second-order valence-corrected chi connectivity index (χ2v) is 3.77. The van der Waals surface area contributed by atoms with Gasteiger partial charge in [-0.2, -0.15) is 0 Å². The quantitative estimate of drug-likeness (QED) is 0.549. The Morgan fingerprint density at radius 2 is 1.83 bits per heavy atom. The number of rotatable bonds is 1. The Bertz CT molecular complexity index is 668. The first-order chi connectivity index (χ1) is 8.36. The van der Waals surface area contributed by atoms with E-state index >= 15 is 0 Å². The summed E-state index contributed by atoms with van der Waals surface area (Å²) in [4.78, 5) is 4.32. The predicted molar refractivity (Wildman–Crippen MR) is 66.0 cm³/mol. The number of benzene rings is 2. The van der Waals surface area contributed by atoms with E-state index in [0.29, 0.717) is 5.39 Å². The minimum Gasteiger partial charge on any atom is -0.304 e. The van der Waals surface area contributed by atoms with Gasteiger partial charge in [-0.15, -0.1) is 35.9 Å². The predicted octanol–water partition coefficient (Wildman–Crippen LogP) is 3.84. The summed E-state index contributed by atoms with van der Waals surface area (Å²) in [6.07, 6.45) is 1.63. The van der Waals surface area contributed by atoms with Crippen LogP contribution in [0.15, 0.2) is 54.7 Å². The summed E-state index contributed by atoms with van der Waals surface area (Å²) in [6.45, 7) is 0. The van der Waals surface area contributed by atoms with Crippen molar-refractivity contribution in [3.63, 3.8) is 0 Å². The van der Waals surface area contributed by atoms with E-state index in [2.05, 4.69) is 11.1 Å². The molecule has 3 aromatic rings. The maximum absolute atomic E-state index is 13.6. The Kier molecular flexibility index (Phi) is 3.88. The molecule has 0 aliphatic rings. The number of nitrogens with zero attached hydrogens (tertiary/aromatic N) is 1. The summed E-state index contributed by atoms with van der Waals surface area (Å²) < 4.78 is 13.6. The Labute approximate surface area is 119 Å². The van der Waals surface area contributed by atoms with E-state index in [9.17, 15) is 4.39 Å². The first-order valence-corrected chi connectivity index (χ1v) is 5.36. The van der Waals surface area contributed by atoms with Crippen LogP contribution < -0.4 is 0 Å². The van der Waals surface area contributed by atoms with Crippen molar-refractivity contribution in [2.24, 2.45) is 0 Å². The van der Waals surface area contributed by atoms with Gasteiger partial charge in [0.05, 0.1) is 0 Å². The largest absolute Gasteiger partial charge is 0.304 e. The zero-order chi connectivity index (χ0) is 11.7. The normalized spacial score (nSPS) is 10.1. The van der Waals surface area contributed by atoms with Gasteiger partial charge in [0.15, 0.2) is 0 Å². The van der Waals surface area contributed by atoms with Gasteiger partial charge < -0.3 is 4.98 Å². The molecule has 1 heterocycles. The summed E-state index contributed by atoms with van der Waals surface area (Å²) in [7, 11) is 0. The van der Waals surface area contributed by atoms with Crippen molar-refractivity contribution in [2.45, 2.75) is 0 Å². The molecule has 0 unspecified atom stereocenters. The minimum absolute atomic E-state index is 0. The Balaban J connectivity index is 0.00000120. The summed E-state index contributed by atoms with van der Waals surface area (Å²) in [5, 5.41) is 1.41. The Hall–Kier alpha value is -1.53. The molecule has 0 fully saturated rings. The smallest absolute Gasteiger partial charge is 0.130 e. The molecule has 2 aromatic carbocycles. The number of fused-ring (bicyclic) bond motifs is 1. The average Bonchev–Trinajstić information content (AvgIpc) is 2.40. The van der Waals surface area contributed by atoms with E-state index in [1.807, 2.05) is 30.3 Å². The maximum Gasteiger partial charge on any atom is 0.130 e. The van der Waals surface area contributed by atoms with Gasteiger partial charge in [-0.3, -0.25) is 0 Å². The number of halogens is 1. The van der Waals surface area contributed by atoms with E-state index in [1.165, 1.54) is 6.07 Å². The molecule has 0 atom stereocenters. The zero-order valence-corrected chi connectivity index (χ0v) is 11.6. The van der Waals surface area contributed by atoms with Gasteiger partial charge in [0.2, 0.25) is 0 Å². The van der Waals surface area contributed by atoms with Crippen molar-refractivity contribution in [3.8, 4) is 11.3 Å². The first kappa shape index (κ1) is 12.9. The molecule has 0 N–H and O–H groups in total. The van der Waals surface area contributed by atoms with Crippen LogP contribution in [0.25, 0.3) is 22.0 Å². The van der Waals surface area contributed by atoms with Crippen LogP contribution in [0.5, 0.6) is 0 Å². The van der Waals surface area contributed by atoms with Crippen molar-refractivity contribution in [3.05, 3.63) is 66.6 Å². The molecular weight excluding hydrogens is 408 g/mol. The van der Waals surface area contributed by atoms with Gasteiger partial charge in [-0.25, -0.2) is 4.39 Å². The van der Waals surface area contributed by atoms with Crippen molar-refractivity contribution >= 4 is 10.8 Å². The summed E-state index contributed by atoms with van der Waals surface area (Å²) in [6, 6.07) is 17.4. The van der Waals surface area contributed by atoms with Crippen LogP contribution in [0.2, 0.25) is 0 Å². The fraction of sp³-hybridized carbons (Fsp3) is 0. The third-order valence-corrected chi connectivity index (χ3v) is 2.72.